The largest absolute Gasteiger partial charge is 0.477 e. The van der Waals surface area contributed by atoms with Gasteiger partial charge in [-0.1, -0.05) is 23.7 Å². The Labute approximate surface area is 118 Å². The number of carbonyl (C=O) groups excluding carboxylic acids is 1. The fourth-order valence-electron chi connectivity index (χ4n) is 1.52. The van der Waals surface area contributed by atoms with E-state index in [0.717, 1.165) is 16.9 Å². The molecule has 0 aliphatic heterocycles. The van der Waals surface area contributed by atoms with Crippen LogP contribution in [0, 0.1) is 6.92 Å². The lowest BCUT2D eigenvalue weighted by atomic mass is 10.1. The molecule has 4 nitrogen and oxygen atoms in total. The van der Waals surface area contributed by atoms with E-state index in [1.165, 1.54) is 6.07 Å². The van der Waals surface area contributed by atoms with Crippen molar-refractivity contribution in [2.75, 3.05) is 5.32 Å². The lowest BCUT2D eigenvalue weighted by Gasteiger charge is -2.06. The van der Waals surface area contributed by atoms with Gasteiger partial charge in [0.05, 0.1) is 15.6 Å². The molecule has 2 rings (SSSR count). The molecular weight excluding hydrogens is 286 g/mol. The minimum absolute atomic E-state index is 0.172. The highest BCUT2D eigenvalue weighted by Gasteiger charge is 2.14. The second-order valence-electron chi connectivity index (χ2n) is 3.86. The van der Waals surface area contributed by atoms with E-state index in [2.05, 4.69) is 5.32 Å². The van der Waals surface area contributed by atoms with Crippen LogP contribution in [-0.2, 0) is 0 Å². The molecule has 0 aliphatic rings. The van der Waals surface area contributed by atoms with E-state index < -0.39 is 5.97 Å². The van der Waals surface area contributed by atoms with Gasteiger partial charge in [0.15, 0.2) is 0 Å². The van der Waals surface area contributed by atoms with Crippen LogP contribution in [0.3, 0.4) is 0 Å². The van der Waals surface area contributed by atoms with Crippen molar-refractivity contribution in [3.05, 3.63) is 51.4 Å². The lowest BCUT2D eigenvalue weighted by molar-refractivity contribution is 0.0702. The number of hydrogen-bond donors (Lipinski definition) is 2. The monoisotopic (exact) mass is 295 g/mol. The third-order valence-corrected chi connectivity index (χ3v) is 3.98. The van der Waals surface area contributed by atoms with Gasteiger partial charge in [-0.15, -0.1) is 11.3 Å². The molecule has 2 aromatic rings. The van der Waals surface area contributed by atoms with E-state index >= 15 is 0 Å². The van der Waals surface area contributed by atoms with Crippen LogP contribution in [0.2, 0.25) is 5.02 Å². The quantitative estimate of drug-likeness (QED) is 0.908. The maximum Gasteiger partial charge on any atom is 0.345 e. The molecule has 0 aliphatic carbocycles. The first-order valence-corrected chi connectivity index (χ1v) is 6.58. The number of hydrogen-bond acceptors (Lipinski definition) is 3. The van der Waals surface area contributed by atoms with Gasteiger partial charge >= 0.3 is 5.97 Å². The summed E-state index contributed by atoms with van der Waals surface area (Å²) >= 11 is 7.06. The van der Waals surface area contributed by atoms with E-state index in [9.17, 15) is 9.59 Å². The minimum atomic E-state index is -1.01. The fourth-order valence-corrected chi connectivity index (χ4v) is 2.47. The Balaban J connectivity index is 2.21. The molecule has 0 radical (unpaired) electrons. The van der Waals surface area contributed by atoms with Crippen LogP contribution in [0.15, 0.2) is 30.3 Å². The summed E-state index contributed by atoms with van der Waals surface area (Å²) in [7, 11) is 0. The summed E-state index contributed by atoms with van der Waals surface area (Å²) in [6.07, 6.45) is 0. The van der Waals surface area contributed by atoms with Gasteiger partial charge in [0.2, 0.25) is 0 Å². The zero-order valence-corrected chi connectivity index (χ0v) is 11.5. The van der Waals surface area contributed by atoms with Crippen LogP contribution in [0.25, 0.3) is 0 Å². The Morgan fingerprint density at radius 3 is 2.63 bits per heavy atom. The number of aromatic carboxylic acids is 1. The van der Waals surface area contributed by atoms with E-state index in [1.807, 2.05) is 13.0 Å². The Kier molecular flexibility index (Phi) is 3.87. The molecule has 0 atom stereocenters. The van der Waals surface area contributed by atoms with Gasteiger partial charge in [-0.3, -0.25) is 4.79 Å². The highest BCUT2D eigenvalue weighted by atomic mass is 35.5. The number of nitrogens with one attached hydrogen (secondary N) is 1. The molecule has 0 spiro atoms. The van der Waals surface area contributed by atoms with Crippen LogP contribution in [0.4, 0.5) is 5.00 Å². The number of anilines is 1. The average molecular weight is 296 g/mol. The van der Waals surface area contributed by atoms with Gasteiger partial charge in [0.1, 0.15) is 4.88 Å². The van der Waals surface area contributed by atoms with E-state index in [0.29, 0.717) is 15.6 Å². The number of rotatable bonds is 3. The number of carboxylic acid groups (broad SMARTS) is 1. The number of aryl methyl sites for hydroxylation is 1. The molecule has 0 fully saturated rings. The molecule has 0 saturated carbocycles. The first-order chi connectivity index (χ1) is 8.99. The number of benzene rings is 1. The topological polar surface area (TPSA) is 66.4 Å². The van der Waals surface area contributed by atoms with Crippen molar-refractivity contribution < 1.29 is 14.7 Å². The summed E-state index contributed by atoms with van der Waals surface area (Å²) in [5.74, 6) is -1.37. The third-order valence-electron chi connectivity index (χ3n) is 2.49. The van der Waals surface area contributed by atoms with Gasteiger partial charge in [-0.25, -0.2) is 4.79 Å². The Bertz CT molecular complexity index is 651. The van der Waals surface area contributed by atoms with Crippen LogP contribution < -0.4 is 5.32 Å². The Hall–Kier alpha value is -1.85. The highest BCUT2D eigenvalue weighted by Crippen LogP contribution is 2.25. The summed E-state index contributed by atoms with van der Waals surface area (Å²) in [6, 6.07) is 8.17. The molecule has 1 heterocycles. The number of halogens is 1. The smallest absolute Gasteiger partial charge is 0.345 e. The summed E-state index contributed by atoms with van der Waals surface area (Å²) in [6.45, 7) is 1.81. The van der Waals surface area contributed by atoms with Crippen molar-refractivity contribution >= 4 is 39.8 Å². The Morgan fingerprint density at radius 2 is 2.00 bits per heavy atom. The van der Waals surface area contributed by atoms with Crippen molar-refractivity contribution in [3.63, 3.8) is 0 Å². The van der Waals surface area contributed by atoms with Crippen molar-refractivity contribution in [1.82, 2.24) is 0 Å². The summed E-state index contributed by atoms with van der Waals surface area (Å²) < 4.78 is 0. The predicted octanol–water partition coefficient (Wildman–Crippen LogP) is 3.66. The van der Waals surface area contributed by atoms with E-state index in [4.69, 9.17) is 16.7 Å². The van der Waals surface area contributed by atoms with Crippen LogP contribution >= 0.6 is 22.9 Å². The molecule has 98 valence electrons. The number of carboxylic acids is 1. The maximum absolute atomic E-state index is 12.0. The lowest BCUT2D eigenvalue weighted by Crippen LogP contribution is -2.11. The summed E-state index contributed by atoms with van der Waals surface area (Å²) in [4.78, 5) is 22.9. The first kappa shape index (κ1) is 13.6. The standard InChI is InChI=1S/C13H10ClNO3S/c1-7-3-2-4-8(11(7)14)12(16)15-10-6-5-9(19-10)13(17)18/h2-6H,1H3,(H,15,16)(H,17,18). The Morgan fingerprint density at radius 1 is 1.26 bits per heavy atom. The maximum atomic E-state index is 12.0. The normalized spacial score (nSPS) is 10.2. The van der Waals surface area contributed by atoms with Crippen LogP contribution in [-0.4, -0.2) is 17.0 Å². The zero-order valence-electron chi connectivity index (χ0n) is 9.94. The van der Waals surface area contributed by atoms with Crippen molar-refractivity contribution in [2.45, 2.75) is 6.92 Å². The molecule has 1 amide bonds. The molecule has 1 aromatic carbocycles. The zero-order chi connectivity index (χ0) is 14.0. The van der Waals surface area contributed by atoms with Gasteiger partial charge in [-0.05, 0) is 30.7 Å². The average Bonchev–Trinajstić information content (AvgIpc) is 2.81. The number of thiophene rings is 1. The van der Waals surface area contributed by atoms with Crippen LogP contribution in [0.5, 0.6) is 0 Å². The first-order valence-electron chi connectivity index (χ1n) is 5.38. The van der Waals surface area contributed by atoms with Crippen LogP contribution in [0.1, 0.15) is 25.6 Å². The van der Waals surface area contributed by atoms with E-state index in [1.54, 1.807) is 18.2 Å². The summed E-state index contributed by atoms with van der Waals surface area (Å²) in [5, 5.41) is 12.3. The fraction of sp³-hybridized carbons (Fsp3) is 0.0769. The van der Waals surface area contributed by atoms with E-state index in [-0.39, 0.29) is 10.8 Å². The molecular formula is C13H10ClNO3S. The number of amides is 1. The predicted molar refractivity (Wildman–Crippen MR) is 75.4 cm³/mol. The second-order valence-corrected chi connectivity index (χ2v) is 5.32. The minimum Gasteiger partial charge on any atom is -0.477 e. The SMILES string of the molecule is Cc1cccc(C(=O)Nc2ccc(C(=O)O)s2)c1Cl. The van der Waals surface area contributed by atoms with Crippen molar-refractivity contribution in [1.29, 1.82) is 0 Å². The van der Waals surface area contributed by atoms with Gasteiger partial charge < -0.3 is 10.4 Å². The third kappa shape index (κ3) is 2.94. The number of carbonyl (C=O) groups is 2. The molecule has 0 saturated heterocycles. The van der Waals surface area contributed by atoms with Crippen molar-refractivity contribution in [2.24, 2.45) is 0 Å². The molecule has 0 bridgehead atoms. The molecule has 0 unspecified atom stereocenters. The summed E-state index contributed by atoms with van der Waals surface area (Å²) in [5.41, 5.74) is 1.18. The molecule has 1 aromatic heterocycles. The van der Waals surface area contributed by atoms with Gasteiger partial charge in [0, 0.05) is 0 Å². The molecule has 2 N–H and O–H groups in total. The second kappa shape index (κ2) is 5.42. The molecule has 6 heteroatoms. The van der Waals surface area contributed by atoms with Gasteiger partial charge in [0.25, 0.3) is 5.91 Å². The van der Waals surface area contributed by atoms with Gasteiger partial charge in [-0.2, -0.15) is 0 Å². The van der Waals surface area contributed by atoms with Crippen molar-refractivity contribution in [3.8, 4) is 0 Å². The molecule has 19 heavy (non-hydrogen) atoms. The highest BCUT2D eigenvalue weighted by molar-refractivity contribution is 7.18.